The predicted molar refractivity (Wildman–Crippen MR) is 68.0 cm³/mol. The van der Waals surface area contributed by atoms with Crippen LogP contribution in [-0.2, 0) is 12.7 Å². The Morgan fingerprint density at radius 2 is 1.79 bits per heavy atom. The number of halogens is 4. The fourth-order valence-electron chi connectivity index (χ4n) is 1.64. The van der Waals surface area contributed by atoms with Crippen LogP contribution in [0.4, 0.5) is 19.0 Å². The maximum Gasteiger partial charge on any atom is 0.416 e. The Hall–Kier alpha value is -1.75. The fourth-order valence-corrected chi connectivity index (χ4v) is 1.81. The summed E-state index contributed by atoms with van der Waals surface area (Å²) >= 11 is 5.70. The molecule has 6 heteroatoms. The number of pyridine rings is 1. The van der Waals surface area contributed by atoms with E-state index in [2.05, 4.69) is 10.3 Å². The van der Waals surface area contributed by atoms with Gasteiger partial charge in [0.15, 0.2) is 0 Å². The first-order valence-corrected chi connectivity index (χ1v) is 5.86. The fraction of sp³-hybridized carbons (Fsp3) is 0.154. The SMILES string of the molecule is FC(F)(F)c1ccccc1CNc1cccc(Cl)n1. The van der Waals surface area contributed by atoms with Crippen molar-refractivity contribution < 1.29 is 13.2 Å². The number of anilines is 1. The van der Waals surface area contributed by atoms with E-state index in [0.717, 1.165) is 6.07 Å². The number of benzene rings is 1. The first kappa shape index (κ1) is 13.7. The van der Waals surface area contributed by atoms with Crippen LogP contribution >= 0.6 is 11.6 Å². The van der Waals surface area contributed by atoms with Gasteiger partial charge in [0.2, 0.25) is 0 Å². The van der Waals surface area contributed by atoms with Crippen molar-refractivity contribution in [2.45, 2.75) is 12.7 Å². The van der Waals surface area contributed by atoms with Crippen molar-refractivity contribution in [1.82, 2.24) is 4.98 Å². The molecular formula is C13H10ClF3N2. The van der Waals surface area contributed by atoms with Crippen molar-refractivity contribution in [3.63, 3.8) is 0 Å². The third kappa shape index (κ3) is 3.61. The molecule has 1 N–H and O–H groups in total. The first-order valence-electron chi connectivity index (χ1n) is 5.48. The summed E-state index contributed by atoms with van der Waals surface area (Å²) in [6.07, 6.45) is -4.36. The summed E-state index contributed by atoms with van der Waals surface area (Å²) in [5.41, 5.74) is -0.485. The van der Waals surface area contributed by atoms with E-state index in [1.54, 1.807) is 24.3 Å². The van der Waals surface area contributed by atoms with Gasteiger partial charge < -0.3 is 5.32 Å². The molecule has 0 radical (unpaired) electrons. The van der Waals surface area contributed by atoms with Gasteiger partial charge in [0, 0.05) is 6.54 Å². The summed E-state index contributed by atoms with van der Waals surface area (Å²) in [5, 5.41) is 3.10. The van der Waals surface area contributed by atoms with E-state index >= 15 is 0 Å². The van der Waals surface area contributed by atoms with Gasteiger partial charge in [0.05, 0.1) is 5.56 Å². The summed E-state index contributed by atoms with van der Waals surface area (Å²) in [6, 6.07) is 10.3. The molecule has 1 heterocycles. The molecular weight excluding hydrogens is 277 g/mol. The van der Waals surface area contributed by atoms with Gasteiger partial charge >= 0.3 is 6.18 Å². The Morgan fingerprint density at radius 1 is 1.05 bits per heavy atom. The molecule has 100 valence electrons. The Bertz CT molecular complexity index is 570. The van der Waals surface area contributed by atoms with E-state index in [1.807, 2.05) is 0 Å². The predicted octanol–water partition coefficient (Wildman–Crippen LogP) is 4.37. The van der Waals surface area contributed by atoms with Crippen LogP contribution in [0.1, 0.15) is 11.1 Å². The highest BCUT2D eigenvalue weighted by Crippen LogP contribution is 2.32. The summed E-state index contributed by atoms with van der Waals surface area (Å²) in [5.74, 6) is 0.435. The van der Waals surface area contributed by atoms with Gasteiger partial charge in [-0.1, -0.05) is 35.9 Å². The zero-order chi connectivity index (χ0) is 13.9. The topological polar surface area (TPSA) is 24.9 Å². The minimum Gasteiger partial charge on any atom is -0.366 e. The number of hydrogen-bond donors (Lipinski definition) is 1. The lowest BCUT2D eigenvalue weighted by molar-refractivity contribution is -0.138. The molecule has 0 saturated carbocycles. The molecule has 0 spiro atoms. The summed E-state index contributed by atoms with van der Waals surface area (Å²) in [6.45, 7) is 0.0308. The van der Waals surface area contributed by atoms with Crippen LogP contribution in [0, 0.1) is 0 Å². The van der Waals surface area contributed by atoms with Crippen molar-refractivity contribution in [2.24, 2.45) is 0 Å². The van der Waals surface area contributed by atoms with Crippen molar-refractivity contribution in [3.05, 3.63) is 58.7 Å². The molecule has 0 saturated heterocycles. The molecule has 19 heavy (non-hydrogen) atoms. The summed E-state index contributed by atoms with van der Waals surface area (Å²) < 4.78 is 38.3. The molecule has 0 atom stereocenters. The van der Waals surface area contributed by atoms with Crippen LogP contribution in [0.2, 0.25) is 5.15 Å². The van der Waals surface area contributed by atoms with Gasteiger partial charge in [-0.15, -0.1) is 0 Å². The largest absolute Gasteiger partial charge is 0.416 e. The molecule has 2 nitrogen and oxygen atoms in total. The number of alkyl halides is 3. The first-order chi connectivity index (χ1) is 8.97. The lowest BCUT2D eigenvalue weighted by Gasteiger charge is -2.13. The molecule has 0 amide bonds. The van der Waals surface area contributed by atoms with Crippen LogP contribution in [0.5, 0.6) is 0 Å². The van der Waals surface area contributed by atoms with Crippen molar-refractivity contribution in [2.75, 3.05) is 5.32 Å². The molecule has 2 rings (SSSR count). The Labute approximate surface area is 113 Å². The highest BCUT2D eigenvalue weighted by Gasteiger charge is 2.32. The van der Waals surface area contributed by atoms with Gasteiger partial charge in [-0.2, -0.15) is 13.2 Å². The van der Waals surface area contributed by atoms with Crippen molar-refractivity contribution in [1.29, 1.82) is 0 Å². The van der Waals surface area contributed by atoms with Gasteiger partial charge in [-0.25, -0.2) is 4.98 Å². The highest BCUT2D eigenvalue weighted by molar-refractivity contribution is 6.29. The number of aromatic nitrogens is 1. The van der Waals surface area contributed by atoms with Gasteiger partial charge in [-0.05, 0) is 23.8 Å². The Balaban J connectivity index is 2.16. The highest BCUT2D eigenvalue weighted by atomic mass is 35.5. The van der Waals surface area contributed by atoms with E-state index in [-0.39, 0.29) is 17.3 Å². The molecule has 0 unspecified atom stereocenters. The molecule has 0 aliphatic rings. The van der Waals surface area contributed by atoms with Crippen LogP contribution in [-0.4, -0.2) is 4.98 Å². The molecule has 1 aromatic heterocycles. The van der Waals surface area contributed by atoms with E-state index in [1.165, 1.54) is 12.1 Å². The van der Waals surface area contributed by atoms with Crippen LogP contribution in [0.25, 0.3) is 0 Å². The lowest BCUT2D eigenvalue weighted by Crippen LogP contribution is -2.12. The summed E-state index contributed by atoms with van der Waals surface area (Å²) in [7, 11) is 0. The van der Waals surface area contributed by atoms with Crippen molar-refractivity contribution >= 4 is 17.4 Å². The van der Waals surface area contributed by atoms with Crippen LogP contribution in [0.3, 0.4) is 0 Å². The van der Waals surface area contributed by atoms with E-state index in [9.17, 15) is 13.2 Å². The Kier molecular flexibility index (Phi) is 3.95. The zero-order valence-electron chi connectivity index (χ0n) is 9.71. The van der Waals surface area contributed by atoms with Crippen molar-refractivity contribution in [3.8, 4) is 0 Å². The smallest absolute Gasteiger partial charge is 0.366 e. The van der Waals surface area contributed by atoms with E-state index in [4.69, 9.17) is 11.6 Å². The van der Waals surface area contributed by atoms with Gasteiger partial charge in [0.25, 0.3) is 0 Å². The third-order valence-corrected chi connectivity index (χ3v) is 2.71. The number of rotatable bonds is 3. The third-order valence-electron chi connectivity index (χ3n) is 2.50. The minimum atomic E-state index is -4.36. The molecule has 0 aliphatic carbocycles. The molecule has 2 aromatic rings. The van der Waals surface area contributed by atoms with Crippen LogP contribution < -0.4 is 5.32 Å². The lowest BCUT2D eigenvalue weighted by atomic mass is 10.1. The second kappa shape index (κ2) is 5.48. The average molecular weight is 287 g/mol. The molecule has 0 bridgehead atoms. The quantitative estimate of drug-likeness (QED) is 0.848. The van der Waals surface area contributed by atoms with Gasteiger partial charge in [-0.3, -0.25) is 0 Å². The minimum absolute atomic E-state index is 0.0308. The number of hydrogen-bond acceptors (Lipinski definition) is 2. The standard InChI is InChI=1S/C13H10ClF3N2/c14-11-6-3-7-12(19-11)18-8-9-4-1-2-5-10(9)13(15,16)17/h1-7H,8H2,(H,18,19). The molecule has 1 aromatic carbocycles. The Morgan fingerprint density at radius 3 is 2.47 bits per heavy atom. The second-order valence-corrected chi connectivity index (χ2v) is 4.24. The van der Waals surface area contributed by atoms with E-state index in [0.29, 0.717) is 5.82 Å². The molecule has 0 fully saturated rings. The maximum atomic E-state index is 12.8. The number of nitrogens with zero attached hydrogens (tertiary/aromatic N) is 1. The van der Waals surface area contributed by atoms with E-state index < -0.39 is 11.7 Å². The zero-order valence-corrected chi connectivity index (χ0v) is 10.5. The van der Waals surface area contributed by atoms with Gasteiger partial charge in [0.1, 0.15) is 11.0 Å². The monoisotopic (exact) mass is 286 g/mol. The molecule has 0 aliphatic heterocycles. The average Bonchev–Trinajstić information content (AvgIpc) is 2.36. The second-order valence-electron chi connectivity index (χ2n) is 3.85. The summed E-state index contributed by atoms with van der Waals surface area (Å²) in [4.78, 5) is 3.95. The normalized spacial score (nSPS) is 11.4. The maximum absolute atomic E-state index is 12.8. The van der Waals surface area contributed by atoms with Crippen LogP contribution in [0.15, 0.2) is 42.5 Å². The number of nitrogens with one attached hydrogen (secondary N) is 1.